The highest BCUT2D eigenvalue weighted by molar-refractivity contribution is 7.17. The molecule has 1 aliphatic rings. The number of rotatable bonds is 5. The maximum Gasteiger partial charge on any atom is 0.230 e. The third-order valence-corrected chi connectivity index (χ3v) is 5.92. The van der Waals surface area contributed by atoms with Gasteiger partial charge in [-0.15, -0.1) is 0 Å². The maximum atomic E-state index is 10.8. The summed E-state index contributed by atoms with van der Waals surface area (Å²) in [6.45, 7) is 1.97. The van der Waals surface area contributed by atoms with Crippen LogP contribution < -0.4 is 9.47 Å². The van der Waals surface area contributed by atoms with Crippen molar-refractivity contribution in [3.05, 3.63) is 35.0 Å². The minimum Gasteiger partial charge on any atom is -0.497 e. The molecule has 3 heterocycles. The molecule has 0 spiro atoms. The molecular formula is C18H22N4O3S. The minimum atomic E-state index is -0.0900. The van der Waals surface area contributed by atoms with Crippen LogP contribution in [-0.2, 0) is 0 Å². The highest BCUT2D eigenvalue weighted by Gasteiger charge is 2.30. The largest absolute Gasteiger partial charge is 0.497 e. The van der Waals surface area contributed by atoms with Gasteiger partial charge in [0.25, 0.3) is 0 Å². The van der Waals surface area contributed by atoms with Crippen molar-refractivity contribution in [3.63, 3.8) is 0 Å². The Morgan fingerprint density at radius 3 is 2.38 bits per heavy atom. The fraction of sp³-hybridized carbons (Fsp3) is 0.444. The number of hydrogen-bond acceptors (Lipinski definition) is 7. The summed E-state index contributed by atoms with van der Waals surface area (Å²) in [4.78, 5) is 8.17. The molecule has 1 aromatic carbocycles. The first-order chi connectivity index (χ1) is 12.7. The summed E-state index contributed by atoms with van der Waals surface area (Å²) in [6, 6.07) is 5.79. The number of aromatic hydroxyl groups is 1. The number of ether oxygens (including phenoxy) is 2. The molecule has 0 amide bonds. The van der Waals surface area contributed by atoms with E-state index in [4.69, 9.17) is 9.47 Å². The van der Waals surface area contributed by atoms with Crippen LogP contribution in [0.5, 0.6) is 17.4 Å². The van der Waals surface area contributed by atoms with Crippen molar-refractivity contribution < 1.29 is 14.6 Å². The Balaban J connectivity index is 1.85. The van der Waals surface area contributed by atoms with Gasteiger partial charge in [0.1, 0.15) is 17.8 Å². The van der Waals surface area contributed by atoms with E-state index in [0.717, 1.165) is 47.9 Å². The summed E-state index contributed by atoms with van der Waals surface area (Å²) >= 11 is 1.47. The number of hydrogen-bond donors (Lipinski definition) is 1. The van der Waals surface area contributed by atoms with Gasteiger partial charge in [0.2, 0.25) is 10.8 Å². The Kier molecular flexibility index (Phi) is 4.69. The molecule has 2 aromatic heterocycles. The molecule has 1 atom stereocenters. The van der Waals surface area contributed by atoms with Crippen molar-refractivity contribution in [3.8, 4) is 17.4 Å². The molecule has 7 nitrogen and oxygen atoms in total. The van der Waals surface area contributed by atoms with Gasteiger partial charge in [0.05, 0.1) is 25.1 Å². The van der Waals surface area contributed by atoms with Crippen LogP contribution in [-0.4, -0.2) is 51.9 Å². The highest BCUT2D eigenvalue weighted by atomic mass is 32.1. The summed E-state index contributed by atoms with van der Waals surface area (Å²) in [7, 11) is 3.30. The monoisotopic (exact) mass is 374 g/mol. The van der Waals surface area contributed by atoms with Crippen molar-refractivity contribution in [1.82, 2.24) is 19.5 Å². The molecule has 0 unspecified atom stereocenters. The number of likely N-dealkylation sites (tertiary alicyclic amines) is 1. The quantitative estimate of drug-likeness (QED) is 0.740. The summed E-state index contributed by atoms with van der Waals surface area (Å²) in [5, 5.41) is 14.9. The second-order valence-corrected chi connectivity index (χ2v) is 7.40. The minimum absolute atomic E-state index is 0.0900. The molecule has 4 rings (SSSR count). The molecule has 26 heavy (non-hydrogen) atoms. The Morgan fingerprint density at radius 2 is 1.77 bits per heavy atom. The van der Waals surface area contributed by atoms with Crippen LogP contribution in [0.15, 0.2) is 24.5 Å². The molecule has 3 aromatic rings. The van der Waals surface area contributed by atoms with E-state index in [9.17, 15) is 5.11 Å². The molecule has 1 N–H and O–H groups in total. The zero-order valence-corrected chi connectivity index (χ0v) is 15.7. The molecule has 8 heteroatoms. The van der Waals surface area contributed by atoms with Crippen LogP contribution in [0.2, 0.25) is 0 Å². The fourth-order valence-electron chi connectivity index (χ4n) is 3.56. The van der Waals surface area contributed by atoms with E-state index in [-0.39, 0.29) is 11.9 Å². The number of fused-ring (bicyclic) bond motifs is 1. The van der Waals surface area contributed by atoms with Crippen molar-refractivity contribution in [2.24, 2.45) is 0 Å². The van der Waals surface area contributed by atoms with E-state index in [1.54, 1.807) is 14.2 Å². The molecule has 0 bridgehead atoms. The molecule has 1 saturated heterocycles. The van der Waals surface area contributed by atoms with Crippen molar-refractivity contribution in [2.45, 2.75) is 25.3 Å². The molecule has 1 aliphatic heterocycles. The van der Waals surface area contributed by atoms with Gasteiger partial charge in [-0.2, -0.15) is 9.61 Å². The number of piperidine rings is 1. The first kappa shape index (κ1) is 17.1. The van der Waals surface area contributed by atoms with Crippen molar-refractivity contribution in [2.75, 3.05) is 27.3 Å². The van der Waals surface area contributed by atoms with Gasteiger partial charge >= 0.3 is 0 Å². The lowest BCUT2D eigenvalue weighted by molar-refractivity contribution is 0.186. The summed E-state index contributed by atoms with van der Waals surface area (Å²) in [6.07, 6.45) is 5.00. The lowest BCUT2D eigenvalue weighted by atomic mass is 9.99. The highest BCUT2D eigenvalue weighted by Crippen LogP contribution is 2.42. The summed E-state index contributed by atoms with van der Waals surface area (Å²) in [5.41, 5.74) is 1.03. The van der Waals surface area contributed by atoms with Crippen molar-refractivity contribution >= 4 is 16.3 Å². The predicted molar refractivity (Wildman–Crippen MR) is 99.3 cm³/mol. The van der Waals surface area contributed by atoms with Crippen LogP contribution in [0.1, 0.15) is 35.7 Å². The zero-order valence-electron chi connectivity index (χ0n) is 14.9. The second-order valence-electron chi connectivity index (χ2n) is 6.39. The normalized spacial score (nSPS) is 16.7. The Hall–Kier alpha value is -2.32. The van der Waals surface area contributed by atoms with E-state index >= 15 is 0 Å². The number of methoxy groups -OCH3 is 2. The van der Waals surface area contributed by atoms with Crippen LogP contribution in [0.4, 0.5) is 0 Å². The summed E-state index contributed by atoms with van der Waals surface area (Å²) < 4.78 is 12.4. The fourth-order valence-corrected chi connectivity index (χ4v) is 4.66. The number of aromatic nitrogens is 3. The first-order valence-corrected chi connectivity index (χ1v) is 9.51. The first-order valence-electron chi connectivity index (χ1n) is 8.69. The standard InChI is InChI=1S/C18H22N4O3S/c1-24-13-8-12(9-14(10-13)25-2)15(21-6-4-3-5-7-21)16-17(23)22-18(26-16)19-11-20-22/h8-11,15,23H,3-7H2,1-2H3/t15-/m0/s1. The van der Waals surface area contributed by atoms with Crippen LogP contribution >= 0.6 is 11.3 Å². The van der Waals surface area contributed by atoms with Gasteiger partial charge in [-0.05, 0) is 43.6 Å². The van der Waals surface area contributed by atoms with Gasteiger partial charge in [0, 0.05) is 6.07 Å². The van der Waals surface area contributed by atoms with Gasteiger partial charge in [0.15, 0.2) is 0 Å². The molecule has 0 saturated carbocycles. The third kappa shape index (κ3) is 2.99. The van der Waals surface area contributed by atoms with E-state index < -0.39 is 0 Å². The second kappa shape index (κ2) is 7.13. The van der Waals surface area contributed by atoms with Gasteiger partial charge in [-0.1, -0.05) is 17.8 Å². The van der Waals surface area contributed by atoms with E-state index in [1.807, 2.05) is 18.2 Å². The number of nitrogens with zero attached hydrogens (tertiary/aromatic N) is 4. The Labute approximate surface area is 155 Å². The third-order valence-electron chi connectivity index (χ3n) is 4.83. The molecular weight excluding hydrogens is 352 g/mol. The smallest absolute Gasteiger partial charge is 0.230 e. The van der Waals surface area contributed by atoms with E-state index in [0.29, 0.717) is 4.96 Å². The Bertz CT molecular complexity index is 879. The van der Waals surface area contributed by atoms with Crippen LogP contribution in [0.25, 0.3) is 4.96 Å². The lowest BCUT2D eigenvalue weighted by Gasteiger charge is -2.34. The van der Waals surface area contributed by atoms with Gasteiger partial charge in [-0.25, -0.2) is 4.98 Å². The van der Waals surface area contributed by atoms with Gasteiger partial charge in [-0.3, -0.25) is 4.90 Å². The van der Waals surface area contributed by atoms with Gasteiger partial charge < -0.3 is 14.6 Å². The molecule has 0 radical (unpaired) electrons. The molecule has 0 aliphatic carbocycles. The number of benzene rings is 1. The molecule has 138 valence electrons. The molecule has 1 fully saturated rings. The lowest BCUT2D eigenvalue weighted by Crippen LogP contribution is -2.34. The average Bonchev–Trinajstić information content (AvgIpc) is 3.26. The summed E-state index contributed by atoms with van der Waals surface area (Å²) in [5.74, 6) is 1.63. The zero-order chi connectivity index (χ0) is 18.1. The van der Waals surface area contributed by atoms with E-state index in [2.05, 4.69) is 15.0 Å². The predicted octanol–water partition coefficient (Wildman–Crippen LogP) is 3.09. The maximum absolute atomic E-state index is 10.8. The Morgan fingerprint density at radius 1 is 1.08 bits per heavy atom. The van der Waals surface area contributed by atoms with Crippen LogP contribution in [0, 0.1) is 0 Å². The topological polar surface area (TPSA) is 72.1 Å². The van der Waals surface area contributed by atoms with Crippen LogP contribution in [0.3, 0.4) is 0 Å². The van der Waals surface area contributed by atoms with E-state index in [1.165, 1.54) is 28.6 Å². The SMILES string of the molecule is COc1cc(OC)cc([C@@H](c2sc3ncnn3c2O)N2CCCCC2)c1. The number of thiazole rings is 1. The van der Waals surface area contributed by atoms with Crippen molar-refractivity contribution in [1.29, 1.82) is 0 Å². The average molecular weight is 374 g/mol.